The zero-order valence-electron chi connectivity index (χ0n) is 13.4. The van der Waals surface area contributed by atoms with E-state index in [-0.39, 0.29) is 12.6 Å². The number of carbonyl (C=O) groups excluding carboxylic acids is 1. The minimum absolute atomic E-state index is 0.255. The van der Waals surface area contributed by atoms with Gasteiger partial charge >= 0.3 is 5.97 Å². The topological polar surface area (TPSA) is 57.0 Å². The lowest BCUT2D eigenvalue weighted by Crippen LogP contribution is -2.13. The quantitative estimate of drug-likeness (QED) is 0.564. The number of hydrogen-bond acceptors (Lipinski definition) is 4. The predicted molar refractivity (Wildman–Crippen MR) is 95.1 cm³/mol. The minimum Gasteiger partial charge on any atom is -0.458 e. The van der Waals surface area contributed by atoms with E-state index in [9.17, 15) is 4.79 Å². The zero-order chi connectivity index (χ0) is 16.8. The molecule has 5 nitrogen and oxygen atoms in total. The second-order valence-corrected chi connectivity index (χ2v) is 6.90. The van der Waals surface area contributed by atoms with E-state index in [1.54, 1.807) is 6.08 Å². The van der Waals surface area contributed by atoms with Crippen LogP contribution in [0, 0.1) is 0 Å². The largest absolute Gasteiger partial charge is 0.458 e. The molecule has 0 saturated heterocycles. The Morgan fingerprint density at radius 3 is 2.75 bits per heavy atom. The van der Waals surface area contributed by atoms with Gasteiger partial charge in [0, 0.05) is 10.5 Å². The fraction of sp³-hybridized carbons (Fsp3) is 0.389. The number of hydrogen-bond donors (Lipinski definition) is 0. The van der Waals surface area contributed by atoms with Crippen LogP contribution >= 0.6 is 15.9 Å². The van der Waals surface area contributed by atoms with E-state index in [2.05, 4.69) is 26.2 Å². The summed E-state index contributed by atoms with van der Waals surface area (Å²) in [6.07, 6.45) is 11.1. The Morgan fingerprint density at radius 2 is 2.00 bits per heavy atom. The van der Waals surface area contributed by atoms with Crippen molar-refractivity contribution < 1.29 is 9.53 Å². The molecule has 0 radical (unpaired) electrons. The number of benzene rings is 1. The molecular formula is C18H20BrN3O2. The van der Waals surface area contributed by atoms with Crippen LogP contribution in [0.15, 0.2) is 41.0 Å². The normalized spacial score (nSPS) is 15.7. The van der Waals surface area contributed by atoms with Gasteiger partial charge in [0.15, 0.2) is 0 Å². The maximum absolute atomic E-state index is 11.8. The lowest BCUT2D eigenvalue weighted by atomic mass is 9.96. The monoisotopic (exact) mass is 389 g/mol. The molecule has 0 spiro atoms. The molecule has 6 heteroatoms. The Labute approximate surface area is 149 Å². The van der Waals surface area contributed by atoms with E-state index in [1.165, 1.54) is 25.3 Å². The van der Waals surface area contributed by atoms with Gasteiger partial charge in [0.25, 0.3) is 0 Å². The number of aromatic nitrogens is 3. The molecule has 1 aromatic carbocycles. The average Bonchev–Trinajstić information content (AvgIpc) is 3.09. The molecule has 0 aliphatic heterocycles. The summed E-state index contributed by atoms with van der Waals surface area (Å²) < 4.78 is 8.14. The summed E-state index contributed by atoms with van der Waals surface area (Å²) in [5.74, 6) is -0.384. The number of halogens is 1. The number of rotatable bonds is 5. The van der Waals surface area contributed by atoms with E-state index < -0.39 is 0 Å². The fourth-order valence-electron chi connectivity index (χ4n) is 2.83. The minimum atomic E-state index is -0.384. The summed E-state index contributed by atoms with van der Waals surface area (Å²) in [5.41, 5.74) is 1.63. The molecule has 2 aromatic rings. The number of carbonyl (C=O) groups is 1. The molecule has 1 saturated carbocycles. The van der Waals surface area contributed by atoms with Crippen molar-refractivity contribution in [3.63, 3.8) is 0 Å². The van der Waals surface area contributed by atoms with E-state index >= 15 is 0 Å². The third-order valence-electron chi connectivity index (χ3n) is 4.16. The molecule has 24 heavy (non-hydrogen) atoms. The van der Waals surface area contributed by atoms with Crippen molar-refractivity contribution in [2.75, 3.05) is 0 Å². The van der Waals surface area contributed by atoms with E-state index in [4.69, 9.17) is 4.74 Å². The van der Waals surface area contributed by atoms with Crippen molar-refractivity contribution in [2.45, 2.75) is 44.8 Å². The second kappa shape index (κ2) is 8.24. The van der Waals surface area contributed by atoms with Gasteiger partial charge in [-0.15, -0.1) is 5.10 Å². The summed E-state index contributed by atoms with van der Waals surface area (Å²) in [6, 6.07) is 8.11. The van der Waals surface area contributed by atoms with Gasteiger partial charge in [-0.1, -0.05) is 52.5 Å². The van der Waals surface area contributed by atoms with Crippen LogP contribution in [0.2, 0.25) is 0 Å². The molecule has 3 rings (SSSR count). The summed E-state index contributed by atoms with van der Waals surface area (Å²) in [6.45, 7) is 0.255. The third kappa shape index (κ3) is 4.77. The Balaban J connectivity index is 1.50. The summed E-state index contributed by atoms with van der Waals surface area (Å²) in [4.78, 5) is 11.8. The van der Waals surface area contributed by atoms with Crippen molar-refractivity contribution in [1.29, 1.82) is 0 Å². The highest BCUT2D eigenvalue weighted by Gasteiger charge is 2.16. The van der Waals surface area contributed by atoms with Crippen LogP contribution in [0.4, 0.5) is 0 Å². The molecule has 1 aromatic heterocycles. The predicted octanol–water partition coefficient (Wildman–Crippen LogP) is 4.30. The Morgan fingerprint density at radius 1 is 1.25 bits per heavy atom. The van der Waals surface area contributed by atoms with Crippen LogP contribution in [0.3, 0.4) is 0 Å². The van der Waals surface area contributed by atoms with Gasteiger partial charge < -0.3 is 4.74 Å². The van der Waals surface area contributed by atoms with Crippen LogP contribution in [-0.2, 0) is 16.1 Å². The van der Waals surface area contributed by atoms with Gasteiger partial charge in [-0.05, 0) is 36.6 Å². The third-order valence-corrected chi connectivity index (χ3v) is 4.69. The maximum atomic E-state index is 11.8. The van der Waals surface area contributed by atoms with E-state index in [1.807, 2.05) is 35.1 Å². The lowest BCUT2D eigenvalue weighted by molar-refractivity contribution is -0.138. The molecule has 1 aliphatic rings. The average molecular weight is 390 g/mol. The van der Waals surface area contributed by atoms with Crippen molar-refractivity contribution >= 4 is 28.0 Å². The van der Waals surface area contributed by atoms with Crippen LogP contribution in [-0.4, -0.2) is 21.0 Å². The molecule has 0 N–H and O–H groups in total. The smallest absolute Gasteiger partial charge is 0.331 e. The Kier molecular flexibility index (Phi) is 5.80. The standard InChI is InChI=1S/C18H20BrN3O2/c19-15-8-6-14(7-9-15)13-24-18(23)11-10-16-12-22(21-20-16)17-4-2-1-3-5-17/h6-12,17H,1-5,13H2/b11-10+. The van der Waals surface area contributed by atoms with Gasteiger partial charge in [0.05, 0.1) is 12.2 Å². The Hall–Kier alpha value is -1.95. The van der Waals surface area contributed by atoms with Crippen LogP contribution in [0.25, 0.3) is 6.08 Å². The molecule has 1 aliphatic carbocycles. The van der Waals surface area contributed by atoms with Crippen molar-refractivity contribution in [3.05, 3.63) is 52.3 Å². The number of nitrogens with zero attached hydrogens (tertiary/aromatic N) is 3. The molecule has 126 valence electrons. The van der Waals surface area contributed by atoms with Gasteiger partial charge in [0.1, 0.15) is 12.3 Å². The van der Waals surface area contributed by atoms with Crippen LogP contribution in [0.5, 0.6) is 0 Å². The summed E-state index contributed by atoms with van der Waals surface area (Å²) in [7, 11) is 0. The molecule has 1 fully saturated rings. The fourth-order valence-corrected chi connectivity index (χ4v) is 3.09. The SMILES string of the molecule is O=C(/C=C/c1cn(C2CCCCC2)nn1)OCc1ccc(Br)cc1. The highest BCUT2D eigenvalue weighted by molar-refractivity contribution is 9.10. The first-order chi connectivity index (χ1) is 11.7. The molecule has 0 unspecified atom stereocenters. The van der Waals surface area contributed by atoms with Crippen molar-refractivity contribution in [2.24, 2.45) is 0 Å². The maximum Gasteiger partial charge on any atom is 0.331 e. The number of ether oxygens (including phenoxy) is 1. The van der Waals surface area contributed by atoms with Gasteiger partial charge in [0.2, 0.25) is 0 Å². The molecule has 0 bridgehead atoms. The lowest BCUT2D eigenvalue weighted by Gasteiger charge is -2.20. The highest BCUT2D eigenvalue weighted by Crippen LogP contribution is 2.27. The van der Waals surface area contributed by atoms with E-state index in [0.29, 0.717) is 11.7 Å². The second-order valence-electron chi connectivity index (χ2n) is 5.98. The first-order valence-electron chi connectivity index (χ1n) is 8.22. The first kappa shape index (κ1) is 16.9. The zero-order valence-corrected chi connectivity index (χ0v) is 15.0. The first-order valence-corrected chi connectivity index (χ1v) is 9.01. The molecule has 0 atom stereocenters. The van der Waals surface area contributed by atoms with Crippen molar-refractivity contribution in [3.8, 4) is 0 Å². The van der Waals surface area contributed by atoms with Crippen molar-refractivity contribution in [1.82, 2.24) is 15.0 Å². The van der Waals surface area contributed by atoms with Crippen LogP contribution < -0.4 is 0 Å². The van der Waals surface area contributed by atoms with Gasteiger partial charge in [-0.25, -0.2) is 9.48 Å². The highest BCUT2D eigenvalue weighted by atomic mass is 79.9. The Bertz CT molecular complexity index is 703. The summed E-state index contributed by atoms with van der Waals surface area (Å²) >= 11 is 3.37. The van der Waals surface area contributed by atoms with Gasteiger partial charge in [-0.2, -0.15) is 0 Å². The van der Waals surface area contributed by atoms with Gasteiger partial charge in [-0.3, -0.25) is 0 Å². The molecule has 0 amide bonds. The van der Waals surface area contributed by atoms with Crippen LogP contribution in [0.1, 0.15) is 49.4 Å². The van der Waals surface area contributed by atoms with E-state index in [0.717, 1.165) is 22.9 Å². The molecular weight excluding hydrogens is 370 g/mol. The number of esters is 1. The molecule has 1 heterocycles. The summed E-state index contributed by atoms with van der Waals surface area (Å²) in [5, 5.41) is 8.28.